The topological polar surface area (TPSA) is 47.0 Å². The van der Waals surface area contributed by atoms with Crippen molar-refractivity contribution >= 4 is 17.2 Å². The minimum absolute atomic E-state index is 0.118. The molecule has 0 radical (unpaired) electrons. The zero-order valence-corrected chi connectivity index (χ0v) is 11.6. The normalized spacial score (nSPS) is 10.7. The van der Waals surface area contributed by atoms with Crippen LogP contribution in [0.1, 0.15) is 24.3 Å². The molecule has 18 heavy (non-hydrogen) atoms. The highest BCUT2D eigenvalue weighted by molar-refractivity contribution is 7.10. The van der Waals surface area contributed by atoms with E-state index in [4.69, 9.17) is 4.74 Å². The molecule has 0 fully saturated rings. The second kappa shape index (κ2) is 5.82. The van der Waals surface area contributed by atoms with Gasteiger partial charge >= 0.3 is 0 Å². The molecule has 2 aromatic rings. The van der Waals surface area contributed by atoms with Crippen LogP contribution in [0, 0.1) is 6.92 Å². The van der Waals surface area contributed by atoms with Gasteiger partial charge in [0.15, 0.2) is 0 Å². The number of ether oxygens (including phenoxy) is 1. The van der Waals surface area contributed by atoms with E-state index >= 15 is 0 Å². The number of anilines is 1. The Morgan fingerprint density at radius 1 is 1.39 bits per heavy atom. The van der Waals surface area contributed by atoms with Gasteiger partial charge in [0.25, 0.3) is 0 Å². The molecule has 2 heterocycles. The van der Waals surface area contributed by atoms with Gasteiger partial charge in [-0.2, -0.15) is 0 Å². The van der Waals surface area contributed by atoms with Gasteiger partial charge in [0.2, 0.25) is 5.88 Å². The Kier molecular flexibility index (Phi) is 4.15. The Balaban J connectivity index is 1.99. The predicted molar refractivity (Wildman–Crippen MR) is 74.2 cm³/mol. The van der Waals surface area contributed by atoms with E-state index in [9.17, 15) is 0 Å². The number of nitrogens with one attached hydrogen (secondary N) is 1. The number of rotatable bonds is 5. The lowest BCUT2D eigenvalue weighted by Crippen LogP contribution is -2.08. The number of aryl methyl sites for hydroxylation is 1. The smallest absolute Gasteiger partial charge is 0.218 e. The summed E-state index contributed by atoms with van der Waals surface area (Å²) in [6.45, 7) is 6.84. The number of nitrogens with zero attached hydrogens (tertiary/aromatic N) is 2. The van der Waals surface area contributed by atoms with Crippen molar-refractivity contribution in [1.82, 2.24) is 9.97 Å². The molecular weight excluding hydrogens is 246 g/mol. The van der Waals surface area contributed by atoms with Gasteiger partial charge in [-0.3, -0.25) is 0 Å². The van der Waals surface area contributed by atoms with Crippen molar-refractivity contribution < 1.29 is 4.74 Å². The summed E-state index contributed by atoms with van der Waals surface area (Å²) in [5.41, 5.74) is 1.31. The van der Waals surface area contributed by atoms with Crippen molar-refractivity contribution in [2.75, 3.05) is 5.32 Å². The van der Waals surface area contributed by atoms with E-state index in [0.717, 1.165) is 12.4 Å². The molecule has 0 amide bonds. The highest BCUT2D eigenvalue weighted by atomic mass is 32.1. The van der Waals surface area contributed by atoms with Gasteiger partial charge in [0, 0.05) is 10.9 Å². The van der Waals surface area contributed by atoms with Crippen molar-refractivity contribution in [3.8, 4) is 5.88 Å². The molecule has 2 rings (SSSR count). The average molecular weight is 263 g/mol. The largest absolute Gasteiger partial charge is 0.475 e. The first-order chi connectivity index (χ1) is 8.65. The lowest BCUT2D eigenvalue weighted by Gasteiger charge is -2.10. The molecule has 2 aromatic heterocycles. The summed E-state index contributed by atoms with van der Waals surface area (Å²) in [6.07, 6.45) is 1.63. The minimum Gasteiger partial charge on any atom is -0.475 e. The van der Waals surface area contributed by atoms with E-state index in [1.54, 1.807) is 11.3 Å². The molecule has 1 N–H and O–H groups in total. The van der Waals surface area contributed by atoms with Crippen molar-refractivity contribution in [2.45, 2.75) is 33.4 Å². The van der Waals surface area contributed by atoms with Gasteiger partial charge in [0.05, 0.1) is 12.6 Å². The fourth-order valence-corrected chi connectivity index (χ4v) is 2.34. The van der Waals surface area contributed by atoms with E-state index in [0.29, 0.717) is 5.88 Å². The fourth-order valence-electron chi connectivity index (χ4n) is 1.50. The van der Waals surface area contributed by atoms with Crippen LogP contribution in [-0.4, -0.2) is 16.1 Å². The average Bonchev–Trinajstić information content (AvgIpc) is 2.72. The molecule has 0 aliphatic heterocycles. The van der Waals surface area contributed by atoms with Gasteiger partial charge in [-0.05, 0) is 37.8 Å². The van der Waals surface area contributed by atoms with Gasteiger partial charge in [-0.25, -0.2) is 9.97 Å². The van der Waals surface area contributed by atoms with Crippen LogP contribution in [0.4, 0.5) is 5.82 Å². The highest BCUT2D eigenvalue weighted by Crippen LogP contribution is 2.18. The first-order valence-electron chi connectivity index (χ1n) is 5.90. The third-order valence-corrected chi connectivity index (χ3v) is 3.42. The lowest BCUT2D eigenvalue weighted by atomic mass is 10.3. The van der Waals surface area contributed by atoms with Crippen LogP contribution in [0.25, 0.3) is 0 Å². The number of hydrogen-bond acceptors (Lipinski definition) is 5. The molecule has 0 bridgehead atoms. The Morgan fingerprint density at radius 2 is 2.22 bits per heavy atom. The molecular formula is C13H17N3OS. The summed E-state index contributed by atoms with van der Waals surface area (Å²) in [5.74, 6) is 1.39. The summed E-state index contributed by atoms with van der Waals surface area (Å²) < 4.78 is 5.53. The van der Waals surface area contributed by atoms with Crippen LogP contribution in [0.5, 0.6) is 5.88 Å². The molecule has 4 nitrogen and oxygen atoms in total. The molecule has 0 aromatic carbocycles. The van der Waals surface area contributed by atoms with Crippen LogP contribution in [0.15, 0.2) is 23.8 Å². The Bertz CT molecular complexity index is 510. The van der Waals surface area contributed by atoms with Crippen molar-refractivity contribution in [2.24, 2.45) is 0 Å². The van der Waals surface area contributed by atoms with E-state index < -0.39 is 0 Å². The van der Waals surface area contributed by atoms with Crippen molar-refractivity contribution in [3.05, 3.63) is 34.3 Å². The summed E-state index contributed by atoms with van der Waals surface area (Å²) in [6, 6.07) is 3.94. The Labute approximate surface area is 111 Å². The zero-order chi connectivity index (χ0) is 13.0. The summed E-state index contributed by atoms with van der Waals surface area (Å²) in [5, 5.41) is 5.38. The van der Waals surface area contributed by atoms with Gasteiger partial charge < -0.3 is 10.1 Å². The van der Waals surface area contributed by atoms with E-state index in [-0.39, 0.29) is 6.10 Å². The molecule has 0 saturated carbocycles. The summed E-state index contributed by atoms with van der Waals surface area (Å²) in [4.78, 5) is 9.57. The molecule has 0 unspecified atom stereocenters. The minimum atomic E-state index is 0.118. The van der Waals surface area contributed by atoms with E-state index in [2.05, 4.69) is 33.7 Å². The van der Waals surface area contributed by atoms with Crippen LogP contribution < -0.4 is 10.1 Å². The first kappa shape index (κ1) is 12.8. The van der Waals surface area contributed by atoms with Crippen molar-refractivity contribution in [1.29, 1.82) is 0 Å². The number of hydrogen-bond donors (Lipinski definition) is 1. The number of aromatic nitrogens is 2. The third kappa shape index (κ3) is 3.43. The van der Waals surface area contributed by atoms with Gasteiger partial charge in [-0.15, -0.1) is 11.3 Å². The zero-order valence-electron chi connectivity index (χ0n) is 10.8. The summed E-state index contributed by atoms with van der Waals surface area (Å²) in [7, 11) is 0. The standard InChI is InChI=1S/C13H17N3OS/c1-9(2)17-13-6-12(15-8-16-13)14-7-11-10(3)4-5-18-11/h4-6,8-9H,7H2,1-3H3,(H,14,15,16). The maximum atomic E-state index is 5.53. The van der Waals surface area contributed by atoms with E-state index in [1.807, 2.05) is 19.9 Å². The molecule has 0 aliphatic carbocycles. The second-order valence-corrected chi connectivity index (χ2v) is 5.29. The quantitative estimate of drug-likeness (QED) is 0.899. The molecule has 5 heteroatoms. The van der Waals surface area contributed by atoms with Crippen LogP contribution >= 0.6 is 11.3 Å². The molecule has 0 aliphatic rings. The second-order valence-electron chi connectivity index (χ2n) is 4.29. The Hall–Kier alpha value is -1.62. The summed E-state index contributed by atoms with van der Waals surface area (Å²) >= 11 is 1.75. The van der Waals surface area contributed by atoms with Gasteiger partial charge in [0.1, 0.15) is 12.1 Å². The molecule has 0 atom stereocenters. The highest BCUT2D eigenvalue weighted by Gasteiger charge is 2.03. The maximum absolute atomic E-state index is 5.53. The third-order valence-electron chi connectivity index (χ3n) is 2.40. The Morgan fingerprint density at radius 3 is 2.89 bits per heavy atom. The predicted octanol–water partition coefficient (Wildman–Crippen LogP) is 3.25. The molecule has 96 valence electrons. The van der Waals surface area contributed by atoms with Crippen LogP contribution in [-0.2, 0) is 6.54 Å². The molecule has 0 spiro atoms. The maximum Gasteiger partial charge on any atom is 0.218 e. The van der Waals surface area contributed by atoms with Crippen molar-refractivity contribution in [3.63, 3.8) is 0 Å². The first-order valence-corrected chi connectivity index (χ1v) is 6.78. The molecule has 0 saturated heterocycles. The fraction of sp³-hybridized carbons (Fsp3) is 0.385. The lowest BCUT2D eigenvalue weighted by molar-refractivity contribution is 0.232. The van der Waals surface area contributed by atoms with Gasteiger partial charge in [-0.1, -0.05) is 0 Å². The number of thiophene rings is 1. The monoisotopic (exact) mass is 263 g/mol. The SMILES string of the molecule is Cc1ccsc1CNc1cc(OC(C)C)ncn1. The van der Waals surface area contributed by atoms with Crippen LogP contribution in [0.3, 0.4) is 0 Å². The van der Waals surface area contributed by atoms with E-state index in [1.165, 1.54) is 16.8 Å². The van der Waals surface area contributed by atoms with Crippen LogP contribution in [0.2, 0.25) is 0 Å².